The van der Waals surface area contributed by atoms with E-state index in [1.54, 1.807) is 22.7 Å². The van der Waals surface area contributed by atoms with Crippen molar-refractivity contribution in [2.24, 2.45) is 0 Å². The van der Waals surface area contributed by atoms with Crippen molar-refractivity contribution >= 4 is 34.4 Å². The van der Waals surface area contributed by atoms with Gasteiger partial charge in [0.15, 0.2) is 0 Å². The van der Waals surface area contributed by atoms with Gasteiger partial charge in [0.2, 0.25) is 0 Å². The molecule has 4 rings (SSSR count). The van der Waals surface area contributed by atoms with Gasteiger partial charge in [-0.25, -0.2) is 9.97 Å². The van der Waals surface area contributed by atoms with Gasteiger partial charge >= 0.3 is 0 Å². The molecule has 0 atom stereocenters. The third-order valence-corrected chi connectivity index (χ3v) is 6.98. The maximum atomic E-state index is 12.6. The fourth-order valence-corrected chi connectivity index (χ4v) is 4.88. The number of anilines is 1. The molecule has 3 aromatic rings. The summed E-state index contributed by atoms with van der Waals surface area (Å²) in [6, 6.07) is 8.08. The molecular weight excluding hydrogens is 376 g/mol. The number of carbonyl (C=O) groups excluding carboxylic acids is 1. The average Bonchev–Trinajstić information content (AvgIpc) is 3.27. The first-order valence-corrected chi connectivity index (χ1v) is 10.7. The lowest BCUT2D eigenvalue weighted by atomic mass is 10.2. The van der Waals surface area contributed by atoms with Crippen molar-refractivity contribution in [1.29, 1.82) is 0 Å². The highest BCUT2D eigenvalue weighted by atomic mass is 32.1. The van der Waals surface area contributed by atoms with E-state index in [4.69, 9.17) is 0 Å². The molecule has 0 saturated carbocycles. The average molecular weight is 399 g/mol. The van der Waals surface area contributed by atoms with Crippen molar-refractivity contribution in [2.45, 2.75) is 20.8 Å². The number of rotatable bonds is 3. The van der Waals surface area contributed by atoms with E-state index < -0.39 is 0 Å². The largest absolute Gasteiger partial charge is 0.353 e. The number of hydrogen-bond acceptors (Lipinski definition) is 6. The highest BCUT2D eigenvalue weighted by Crippen LogP contribution is 2.28. The number of thiazole rings is 1. The van der Waals surface area contributed by atoms with Crippen LogP contribution >= 0.6 is 22.7 Å². The molecule has 3 aromatic heterocycles. The molecule has 4 heterocycles. The van der Waals surface area contributed by atoms with Gasteiger partial charge in [-0.1, -0.05) is 0 Å². The van der Waals surface area contributed by atoms with Crippen LogP contribution in [0.5, 0.6) is 0 Å². The molecule has 1 fully saturated rings. The minimum absolute atomic E-state index is 0.144. The van der Waals surface area contributed by atoms with Crippen LogP contribution in [0.4, 0.5) is 5.82 Å². The van der Waals surface area contributed by atoms with Crippen LogP contribution in [0.2, 0.25) is 0 Å². The minimum Gasteiger partial charge on any atom is -0.353 e. The number of pyridine rings is 1. The van der Waals surface area contributed by atoms with Crippen LogP contribution in [-0.4, -0.2) is 47.0 Å². The minimum atomic E-state index is 0.144. The Morgan fingerprint density at radius 3 is 2.33 bits per heavy atom. The number of nitrogens with zero attached hydrogens (tertiary/aromatic N) is 4. The molecule has 0 aromatic carbocycles. The Balaban J connectivity index is 1.40. The number of carbonyl (C=O) groups is 1. The van der Waals surface area contributed by atoms with Gasteiger partial charge in [-0.2, -0.15) is 0 Å². The van der Waals surface area contributed by atoms with Crippen molar-refractivity contribution in [1.82, 2.24) is 14.9 Å². The van der Waals surface area contributed by atoms with E-state index in [-0.39, 0.29) is 5.91 Å². The molecule has 0 aliphatic carbocycles. The topological polar surface area (TPSA) is 49.3 Å². The number of thiophene rings is 1. The summed E-state index contributed by atoms with van der Waals surface area (Å²) in [5, 5.41) is 1.02. The Labute approximate surface area is 167 Å². The first kappa shape index (κ1) is 18.1. The Morgan fingerprint density at radius 2 is 1.78 bits per heavy atom. The fourth-order valence-electron chi connectivity index (χ4n) is 3.14. The molecule has 0 unspecified atom stereocenters. The summed E-state index contributed by atoms with van der Waals surface area (Å²) in [6.45, 7) is 9.22. The summed E-state index contributed by atoms with van der Waals surface area (Å²) in [6.07, 6.45) is 1.90. The van der Waals surface area contributed by atoms with Crippen molar-refractivity contribution < 1.29 is 4.79 Å². The number of aryl methyl sites for hydroxylation is 3. The van der Waals surface area contributed by atoms with E-state index in [2.05, 4.69) is 33.9 Å². The van der Waals surface area contributed by atoms with Crippen LogP contribution in [0.3, 0.4) is 0 Å². The highest BCUT2D eigenvalue weighted by Gasteiger charge is 2.23. The Kier molecular flexibility index (Phi) is 4.97. The summed E-state index contributed by atoms with van der Waals surface area (Å²) in [5.74, 6) is 1.10. The lowest BCUT2D eigenvalue weighted by Crippen LogP contribution is -2.48. The molecule has 5 nitrogen and oxygen atoms in total. The normalized spacial score (nSPS) is 14.6. The molecule has 0 N–H and O–H groups in total. The zero-order chi connectivity index (χ0) is 19.0. The van der Waals surface area contributed by atoms with E-state index in [9.17, 15) is 4.79 Å². The Hall–Kier alpha value is -2.25. The van der Waals surface area contributed by atoms with Crippen LogP contribution < -0.4 is 4.90 Å². The molecule has 1 aliphatic heterocycles. The second kappa shape index (κ2) is 7.40. The van der Waals surface area contributed by atoms with Gasteiger partial charge < -0.3 is 9.80 Å². The quantitative estimate of drug-likeness (QED) is 0.665. The van der Waals surface area contributed by atoms with Gasteiger partial charge in [-0.05, 0) is 45.0 Å². The Morgan fingerprint density at radius 1 is 1.00 bits per heavy atom. The van der Waals surface area contributed by atoms with Crippen LogP contribution in [-0.2, 0) is 0 Å². The smallest absolute Gasteiger partial charge is 0.264 e. The summed E-state index contributed by atoms with van der Waals surface area (Å²) in [7, 11) is 0. The predicted octanol–water partition coefficient (Wildman–Crippen LogP) is 4.15. The lowest BCUT2D eigenvalue weighted by molar-refractivity contribution is 0.0751. The first-order valence-electron chi connectivity index (χ1n) is 9.02. The first-order chi connectivity index (χ1) is 13.0. The number of hydrogen-bond donors (Lipinski definition) is 0. The lowest BCUT2D eigenvalue weighted by Gasteiger charge is -2.35. The third-order valence-electron chi connectivity index (χ3n) is 4.87. The van der Waals surface area contributed by atoms with E-state index in [1.807, 2.05) is 37.1 Å². The summed E-state index contributed by atoms with van der Waals surface area (Å²) in [5.41, 5.74) is 2.14. The number of piperazine rings is 1. The number of aromatic nitrogens is 2. The Bertz CT molecular complexity index is 933. The molecular formula is C20H22N4OS2. The molecule has 140 valence electrons. The van der Waals surface area contributed by atoms with Crippen molar-refractivity contribution in [3.8, 4) is 10.6 Å². The third kappa shape index (κ3) is 3.75. The molecule has 0 bridgehead atoms. The van der Waals surface area contributed by atoms with Gasteiger partial charge in [0.1, 0.15) is 10.8 Å². The van der Waals surface area contributed by atoms with E-state index >= 15 is 0 Å². The summed E-state index contributed by atoms with van der Waals surface area (Å²) < 4.78 is 0. The van der Waals surface area contributed by atoms with Crippen LogP contribution in [0.25, 0.3) is 10.6 Å². The van der Waals surface area contributed by atoms with Crippen LogP contribution in [0, 0.1) is 20.8 Å². The second-order valence-corrected chi connectivity index (χ2v) is 9.25. The zero-order valence-electron chi connectivity index (χ0n) is 15.7. The zero-order valence-corrected chi connectivity index (χ0v) is 17.4. The van der Waals surface area contributed by atoms with Crippen molar-refractivity contribution in [3.63, 3.8) is 0 Å². The predicted molar refractivity (Wildman–Crippen MR) is 112 cm³/mol. The molecule has 1 aliphatic rings. The molecule has 0 radical (unpaired) electrons. The molecule has 0 spiro atoms. The van der Waals surface area contributed by atoms with Gasteiger partial charge in [0.25, 0.3) is 5.91 Å². The summed E-state index contributed by atoms with van der Waals surface area (Å²) in [4.78, 5) is 29.3. The maximum absolute atomic E-state index is 12.6. The van der Waals surface area contributed by atoms with Crippen molar-refractivity contribution in [3.05, 3.63) is 50.8 Å². The van der Waals surface area contributed by atoms with E-state index in [0.717, 1.165) is 53.1 Å². The standard InChI is InChI=1S/C20H22N4OS2/c1-13-4-6-17(26-13)20(25)24-10-8-23(9-11-24)18-7-5-16(12-21-18)19-22-14(2)15(3)27-19/h4-7,12H,8-11H2,1-3H3. The molecule has 27 heavy (non-hydrogen) atoms. The summed E-state index contributed by atoms with van der Waals surface area (Å²) >= 11 is 3.27. The molecule has 1 amide bonds. The van der Waals surface area contributed by atoms with Gasteiger partial charge in [-0.3, -0.25) is 4.79 Å². The van der Waals surface area contributed by atoms with Crippen molar-refractivity contribution in [2.75, 3.05) is 31.1 Å². The SMILES string of the molecule is Cc1ccc(C(=O)N2CCN(c3ccc(-c4nc(C)c(C)s4)cn3)CC2)s1. The highest BCUT2D eigenvalue weighted by molar-refractivity contribution is 7.15. The molecule has 1 saturated heterocycles. The van der Waals surface area contributed by atoms with Gasteiger partial charge in [-0.15, -0.1) is 22.7 Å². The maximum Gasteiger partial charge on any atom is 0.264 e. The van der Waals surface area contributed by atoms with Crippen LogP contribution in [0.1, 0.15) is 25.1 Å². The molecule has 7 heteroatoms. The number of amides is 1. The monoisotopic (exact) mass is 398 g/mol. The van der Waals surface area contributed by atoms with Gasteiger partial charge in [0, 0.05) is 47.7 Å². The fraction of sp³-hybridized carbons (Fsp3) is 0.350. The van der Waals surface area contributed by atoms with E-state index in [1.165, 1.54) is 9.75 Å². The van der Waals surface area contributed by atoms with E-state index in [0.29, 0.717) is 0 Å². The second-order valence-electron chi connectivity index (χ2n) is 6.76. The van der Waals surface area contributed by atoms with Crippen LogP contribution in [0.15, 0.2) is 30.5 Å². The van der Waals surface area contributed by atoms with Gasteiger partial charge in [0.05, 0.1) is 10.6 Å².